The summed E-state index contributed by atoms with van der Waals surface area (Å²) in [5.41, 5.74) is -0.00477. The van der Waals surface area contributed by atoms with Gasteiger partial charge in [0, 0.05) is 25.0 Å². The van der Waals surface area contributed by atoms with Gasteiger partial charge >= 0.3 is 0 Å². The third-order valence-electron chi connectivity index (χ3n) is 4.44. The number of rotatable bonds is 5. The van der Waals surface area contributed by atoms with Gasteiger partial charge in [0.2, 0.25) is 5.95 Å². The van der Waals surface area contributed by atoms with E-state index in [1.165, 1.54) is 18.5 Å². The van der Waals surface area contributed by atoms with Crippen molar-refractivity contribution < 1.29 is 18.6 Å². The molecule has 6 nitrogen and oxygen atoms in total. The number of aromatic nitrogens is 2. The molecule has 0 aliphatic carbocycles. The second-order valence-electron chi connectivity index (χ2n) is 7.63. The van der Waals surface area contributed by atoms with Crippen molar-refractivity contribution in [3.63, 3.8) is 0 Å². The molecular weight excluding hydrogens is 354 g/mol. The van der Waals surface area contributed by atoms with Crippen molar-refractivity contribution >= 4 is 5.95 Å². The highest BCUT2D eigenvalue weighted by molar-refractivity contribution is 5.38. The fourth-order valence-electron chi connectivity index (χ4n) is 3.13. The van der Waals surface area contributed by atoms with E-state index in [2.05, 4.69) is 15.3 Å². The van der Waals surface area contributed by atoms with Crippen LogP contribution in [0.25, 0.3) is 0 Å². The monoisotopic (exact) mass is 378 g/mol. The quantitative estimate of drug-likeness (QED) is 0.780. The minimum Gasteiger partial charge on any atom is -0.505 e. The summed E-state index contributed by atoms with van der Waals surface area (Å²) in [6.45, 7) is 7.04. The van der Waals surface area contributed by atoms with Crippen LogP contribution < -0.4 is 10.2 Å². The predicted molar refractivity (Wildman–Crippen MR) is 97.6 cm³/mol. The first-order valence-corrected chi connectivity index (χ1v) is 8.81. The van der Waals surface area contributed by atoms with Crippen LogP contribution in [0.2, 0.25) is 0 Å². The highest BCUT2D eigenvalue weighted by atomic mass is 19.1. The van der Waals surface area contributed by atoms with E-state index in [-0.39, 0.29) is 30.0 Å². The fraction of sp³-hybridized carbons (Fsp3) is 0.474. The molecule has 1 aromatic heterocycles. The molecule has 3 rings (SSSR count). The molecule has 2 unspecified atom stereocenters. The molecular formula is C19H24F2N4O2. The lowest BCUT2D eigenvalue weighted by atomic mass is 9.94. The van der Waals surface area contributed by atoms with Gasteiger partial charge in [0.15, 0.2) is 5.75 Å². The molecule has 8 heteroatoms. The van der Waals surface area contributed by atoms with Crippen molar-refractivity contribution in [2.24, 2.45) is 0 Å². The van der Waals surface area contributed by atoms with Crippen LogP contribution in [0.1, 0.15) is 32.3 Å². The molecule has 146 valence electrons. The second kappa shape index (κ2) is 7.74. The van der Waals surface area contributed by atoms with Crippen LogP contribution >= 0.6 is 0 Å². The Bertz CT molecular complexity index is 780. The number of nitrogens with one attached hydrogen (secondary N) is 1. The van der Waals surface area contributed by atoms with Crippen LogP contribution in [0, 0.1) is 11.6 Å². The summed E-state index contributed by atoms with van der Waals surface area (Å²) in [6, 6.07) is 3.31. The number of nitrogens with zero attached hydrogens (tertiary/aromatic N) is 3. The van der Waals surface area contributed by atoms with Crippen molar-refractivity contribution in [3.8, 4) is 5.75 Å². The second-order valence-corrected chi connectivity index (χ2v) is 7.63. The van der Waals surface area contributed by atoms with Crippen LogP contribution in [0.5, 0.6) is 5.75 Å². The van der Waals surface area contributed by atoms with Gasteiger partial charge in [0.05, 0.1) is 24.7 Å². The van der Waals surface area contributed by atoms with E-state index in [4.69, 9.17) is 4.74 Å². The zero-order valence-electron chi connectivity index (χ0n) is 15.6. The average Bonchev–Trinajstić information content (AvgIpc) is 3.00. The normalized spacial score (nSPS) is 20.3. The Morgan fingerprint density at radius 1 is 1.22 bits per heavy atom. The van der Waals surface area contributed by atoms with E-state index < -0.39 is 11.6 Å². The maximum atomic E-state index is 14.4. The smallest absolute Gasteiger partial charge is 0.225 e. The third-order valence-corrected chi connectivity index (χ3v) is 4.44. The molecule has 2 heterocycles. The van der Waals surface area contributed by atoms with Crippen LogP contribution in [0.4, 0.5) is 14.7 Å². The highest BCUT2D eigenvalue weighted by Crippen LogP contribution is 2.32. The Hall–Kier alpha value is -2.32. The Kier molecular flexibility index (Phi) is 5.57. The van der Waals surface area contributed by atoms with E-state index >= 15 is 0 Å². The molecule has 0 amide bonds. The molecule has 1 aliphatic heterocycles. The Balaban J connectivity index is 1.82. The van der Waals surface area contributed by atoms with Crippen LogP contribution in [-0.2, 0) is 4.74 Å². The molecule has 0 spiro atoms. The van der Waals surface area contributed by atoms with E-state index in [0.717, 1.165) is 12.1 Å². The minimum absolute atomic E-state index is 0.0288. The molecule has 1 fully saturated rings. The summed E-state index contributed by atoms with van der Waals surface area (Å²) in [5.74, 6) is -0.829. The molecule has 0 radical (unpaired) electrons. The molecule has 27 heavy (non-hydrogen) atoms. The third kappa shape index (κ3) is 4.90. The van der Waals surface area contributed by atoms with Crippen molar-refractivity contribution in [2.45, 2.75) is 38.3 Å². The van der Waals surface area contributed by atoms with Crippen molar-refractivity contribution in [1.29, 1.82) is 0 Å². The van der Waals surface area contributed by atoms with E-state index in [1.54, 1.807) is 0 Å². The lowest BCUT2D eigenvalue weighted by Gasteiger charge is -2.24. The summed E-state index contributed by atoms with van der Waals surface area (Å²) in [5, 5.41) is 12.7. The minimum atomic E-state index is -0.476. The van der Waals surface area contributed by atoms with Gasteiger partial charge in [0.1, 0.15) is 11.6 Å². The van der Waals surface area contributed by atoms with Gasteiger partial charge in [-0.3, -0.25) is 5.32 Å². The molecule has 2 aromatic rings. The lowest BCUT2D eigenvalue weighted by molar-refractivity contribution is -0.0170. The van der Waals surface area contributed by atoms with Gasteiger partial charge in [-0.15, -0.1) is 0 Å². The number of benzene rings is 1. The standard InChI is InChI=1S/C19H24F2N4O2/c1-19(2,3)27-11-24-17-10-25(18-22-7-13(26)8-23-18)9-15(17)14-6-12(20)4-5-16(14)21/h4-8,15,17,24,26H,9-11H2,1-3H3. The Morgan fingerprint density at radius 3 is 2.59 bits per heavy atom. The van der Waals surface area contributed by atoms with E-state index in [0.29, 0.717) is 24.6 Å². The lowest BCUT2D eigenvalue weighted by Crippen LogP contribution is -2.39. The summed E-state index contributed by atoms with van der Waals surface area (Å²) in [6.07, 6.45) is 2.62. The average molecular weight is 378 g/mol. The molecule has 1 saturated heterocycles. The molecule has 0 bridgehead atoms. The Morgan fingerprint density at radius 2 is 1.93 bits per heavy atom. The van der Waals surface area contributed by atoms with Crippen LogP contribution in [0.15, 0.2) is 30.6 Å². The number of hydrogen-bond acceptors (Lipinski definition) is 6. The topological polar surface area (TPSA) is 70.5 Å². The van der Waals surface area contributed by atoms with E-state index in [9.17, 15) is 13.9 Å². The Labute approximate surface area is 157 Å². The first-order chi connectivity index (χ1) is 12.7. The molecule has 1 aliphatic rings. The van der Waals surface area contributed by atoms with Gasteiger partial charge in [-0.2, -0.15) is 0 Å². The number of aromatic hydroxyl groups is 1. The summed E-state index contributed by atoms with van der Waals surface area (Å²) in [4.78, 5) is 10.1. The molecule has 0 saturated carbocycles. The fourth-order valence-corrected chi connectivity index (χ4v) is 3.13. The number of ether oxygens (including phenoxy) is 1. The van der Waals surface area contributed by atoms with Crippen molar-refractivity contribution in [2.75, 3.05) is 24.7 Å². The zero-order valence-corrected chi connectivity index (χ0v) is 15.6. The number of anilines is 1. The van der Waals surface area contributed by atoms with Crippen molar-refractivity contribution in [1.82, 2.24) is 15.3 Å². The van der Waals surface area contributed by atoms with Gasteiger partial charge in [0.25, 0.3) is 0 Å². The SMILES string of the molecule is CC(C)(C)OCNC1CN(c2ncc(O)cn2)CC1c1cc(F)ccc1F. The van der Waals surface area contributed by atoms with Crippen LogP contribution in [0.3, 0.4) is 0 Å². The first-order valence-electron chi connectivity index (χ1n) is 8.81. The zero-order chi connectivity index (χ0) is 19.6. The number of halogens is 2. The van der Waals surface area contributed by atoms with Gasteiger partial charge < -0.3 is 14.7 Å². The molecule has 1 aromatic carbocycles. The van der Waals surface area contributed by atoms with Crippen LogP contribution in [-0.4, -0.2) is 46.5 Å². The van der Waals surface area contributed by atoms with Gasteiger partial charge in [-0.05, 0) is 44.5 Å². The summed E-state index contributed by atoms with van der Waals surface area (Å²) >= 11 is 0. The van der Waals surface area contributed by atoms with Gasteiger partial charge in [-0.1, -0.05) is 0 Å². The molecule has 2 atom stereocenters. The molecule has 2 N–H and O–H groups in total. The predicted octanol–water partition coefficient (Wildman–Crippen LogP) is 2.80. The summed E-state index contributed by atoms with van der Waals surface area (Å²) in [7, 11) is 0. The highest BCUT2D eigenvalue weighted by Gasteiger charge is 2.36. The van der Waals surface area contributed by atoms with E-state index in [1.807, 2.05) is 25.7 Å². The number of hydrogen-bond donors (Lipinski definition) is 2. The maximum absolute atomic E-state index is 14.4. The van der Waals surface area contributed by atoms with Gasteiger partial charge in [-0.25, -0.2) is 18.7 Å². The van der Waals surface area contributed by atoms with Crippen molar-refractivity contribution in [3.05, 3.63) is 47.8 Å². The largest absolute Gasteiger partial charge is 0.505 e. The summed E-state index contributed by atoms with van der Waals surface area (Å²) < 4.78 is 33.8. The first kappa shape index (κ1) is 19.4. The maximum Gasteiger partial charge on any atom is 0.225 e.